The van der Waals surface area contributed by atoms with E-state index >= 15 is 0 Å². The first-order valence-corrected chi connectivity index (χ1v) is 16.2. The maximum Gasteiger partial charge on any atom is 0.328 e. The molecule has 1 N–H and O–H groups in total. The first-order valence-electron chi connectivity index (χ1n) is 16.2. The smallest absolute Gasteiger partial charge is 0.328 e. The maximum atomic E-state index is 13.2. The lowest BCUT2D eigenvalue weighted by Gasteiger charge is -2.42. The summed E-state index contributed by atoms with van der Waals surface area (Å²) in [5, 5.41) is 21.5. The van der Waals surface area contributed by atoms with Crippen LogP contribution in [0.25, 0.3) is 10.8 Å². The molecule has 240 valence electrons. The lowest BCUT2D eigenvalue weighted by molar-refractivity contribution is -0.137. The summed E-state index contributed by atoms with van der Waals surface area (Å²) in [6.45, 7) is 6.65. The summed E-state index contributed by atoms with van der Waals surface area (Å²) in [4.78, 5) is 44.5. The van der Waals surface area contributed by atoms with Crippen LogP contribution in [0.1, 0.15) is 36.1 Å². The van der Waals surface area contributed by atoms with Crippen LogP contribution in [-0.2, 0) is 17.8 Å². The average molecular weight is 625 g/mol. The van der Waals surface area contributed by atoms with E-state index in [1.807, 2.05) is 0 Å². The Labute approximate surface area is 268 Å². The van der Waals surface area contributed by atoms with Gasteiger partial charge in [0.2, 0.25) is 0 Å². The van der Waals surface area contributed by atoms with Crippen molar-refractivity contribution in [1.29, 1.82) is 5.26 Å². The molecule has 3 atom stereocenters. The summed E-state index contributed by atoms with van der Waals surface area (Å²) in [6, 6.07) is 14.3. The summed E-state index contributed by atoms with van der Waals surface area (Å²) in [6.07, 6.45) is 3.11. The van der Waals surface area contributed by atoms with Gasteiger partial charge in [0.05, 0.1) is 37.3 Å². The van der Waals surface area contributed by atoms with Gasteiger partial charge in [-0.2, -0.15) is 15.2 Å². The third-order valence-electron chi connectivity index (χ3n) is 10.0. The number of nitrogens with zero attached hydrogens (tertiary/aromatic N) is 8. The molecule has 2 amide bonds. The van der Waals surface area contributed by atoms with Crippen LogP contribution in [0.3, 0.4) is 0 Å². The Hall–Kier alpha value is -4.63. The van der Waals surface area contributed by atoms with E-state index in [9.17, 15) is 20.0 Å². The van der Waals surface area contributed by atoms with E-state index in [2.05, 4.69) is 71.1 Å². The lowest BCUT2D eigenvalue weighted by Crippen LogP contribution is -2.57. The quantitative estimate of drug-likeness (QED) is 0.391. The zero-order valence-corrected chi connectivity index (χ0v) is 26.4. The molecule has 3 saturated heterocycles. The van der Waals surface area contributed by atoms with E-state index in [-0.39, 0.29) is 25.0 Å². The number of piperazine rings is 1. The minimum Gasteiger partial charge on any atom is -0.480 e. The fourth-order valence-electron chi connectivity index (χ4n) is 7.36. The second-order valence-corrected chi connectivity index (χ2v) is 12.9. The Kier molecular flexibility index (Phi) is 8.02. The lowest BCUT2D eigenvalue weighted by atomic mass is 9.99. The van der Waals surface area contributed by atoms with Gasteiger partial charge in [0.1, 0.15) is 18.5 Å². The molecule has 0 saturated carbocycles. The number of urea groups is 1. The summed E-state index contributed by atoms with van der Waals surface area (Å²) in [7, 11) is 2.12. The van der Waals surface area contributed by atoms with Crippen LogP contribution >= 0.6 is 0 Å². The monoisotopic (exact) mass is 624 g/mol. The number of likely N-dealkylation sites (N-methyl/N-ethyl adjacent to an activating group) is 1. The number of aryl methyl sites for hydroxylation is 1. The summed E-state index contributed by atoms with van der Waals surface area (Å²) >= 11 is 0. The molecular weight excluding hydrogens is 584 g/mol. The van der Waals surface area contributed by atoms with Crippen LogP contribution in [0.2, 0.25) is 0 Å². The van der Waals surface area contributed by atoms with Gasteiger partial charge in [-0.1, -0.05) is 30.3 Å². The van der Waals surface area contributed by atoms with E-state index in [1.165, 1.54) is 26.9 Å². The van der Waals surface area contributed by atoms with Crippen molar-refractivity contribution in [2.45, 2.75) is 57.3 Å². The molecular formula is C34H40N8O4. The summed E-state index contributed by atoms with van der Waals surface area (Å²) in [5.41, 5.74) is 4.43. The number of benzene rings is 2. The highest BCUT2D eigenvalue weighted by Crippen LogP contribution is 2.36. The molecule has 4 aliphatic heterocycles. The van der Waals surface area contributed by atoms with E-state index in [4.69, 9.17) is 14.7 Å². The van der Waals surface area contributed by atoms with Crippen molar-refractivity contribution in [3.05, 3.63) is 53.2 Å². The standard InChI is InChI=1S/C34H40N8O4/c1-22-6-3-7-23-8-4-10-28(30(22)23)39-15-12-26-27(19-39)36-33(46-21-25-9-5-14-38(25)2)37-31(26)40-16-17-41(24(18-40)11-13-35)34(45)42-20-29(42)32(43)44/h3-4,6-8,10,24-25,29H,5,9,11-12,14-21H2,1-2H3,(H,43,44)/t24-,25-,29?,42?/m0/s1. The zero-order chi connectivity index (χ0) is 31.9. The van der Waals surface area contributed by atoms with Crippen LogP contribution < -0.4 is 14.5 Å². The van der Waals surface area contributed by atoms with Gasteiger partial charge < -0.3 is 34.3 Å². The SMILES string of the molecule is Cc1cccc2cccc(N3CCc4c(nc(OC[C@@H]5CCCN5C)nc4N4CCN(C(=O)N5CC5C(=O)O)[C@@H](CC#N)C4)C3)c12. The van der Waals surface area contributed by atoms with Crippen molar-refractivity contribution in [2.24, 2.45) is 0 Å². The minimum atomic E-state index is -1.000. The highest BCUT2D eigenvalue weighted by atomic mass is 16.5. The second kappa shape index (κ2) is 12.3. The molecule has 0 radical (unpaired) electrons. The van der Waals surface area contributed by atoms with E-state index in [0.717, 1.165) is 49.4 Å². The fourth-order valence-corrected chi connectivity index (χ4v) is 7.36. The van der Waals surface area contributed by atoms with E-state index in [0.29, 0.717) is 44.8 Å². The topological polar surface area (TPSA) is 129 Å². The van der Waals surface area contributed by atoms with Crippen molar-refractivity contribution in [2.75, 3.05) is 62.7 Å². The van der Waals surface area contributed by atoms with Crippen LogP contribution in [-0.4, -0.2) is 113 Å². The van der Waals surface area contributed by atoms with Crippen molar-refractivity contribution >= 4 is 34.3 Å². The number of rotatable bonds is 7. The number of anilines is 2. The molecule has 0 aliphatic carbocycles. The van der Waals surface area contributed by atoms with E-state index in [1.54, 1.807) is 4.90 Å². The highest BCUT2D eigenvalue weighted by molar-refractivity contribution is 5.97. The average Bonchev–Trinajstić information content (AvgIpc) is 3.77. The van der Waals surface area contributed by atoms with Gasteiger partial charge in [-0.05, 0) is 56.8 Å². The Bertz CT molecular complexity index is 1700. The van der Waals surface area contributed by atoms with Crippen molar-refractivity contribution < 1.29 is 19.4 Å². The van der Waals surface area contributed by atoms with Crippen molar-refractivity contribution in [1.82, 2.24) is 24.7 Å². The number of fused-ring (bicyclic) bond motifs is 2. The molecule has 46 heavy (non-hydrogen) atoms. The number of hydrogen-bond donors (Lipinski definition) is 1. The number of nitriles is 1. The van der Waals surface area contributed by atoms with Crippen LogP contribution in [0, 0.1) is 18.3 Å². The molecule has 4 aliphatic rings. The number of carboxylic acid groups (broad SMARTS) is 1. The number of carboxylic acids is 1. The Morgan fingerprint density at radius 1 is 1.02 bits per heavy atom. The molecule has 2 aromatic carbocycles. The predicted molar refractivity (Wildman–Crippen MR) is 173 cm³/mol. The van der Waals surface area contributed by atoms with E-state index < -0.39 is 12.0 Å². The van der Waals surface area contributed by atoms with Gasteiger partial charge >= 0.3 is 18.0 Å². The molecule has 12 heteroatoms. The fraction of sp³-hybridized carbons (Fsp3) is 0.500. The maximum absolute atomic E-state index is 13.2. The van der Waals surface area contributed by atoms with Gasteiger partial charge in [0.25, 0.3) is 0 Å². The molecule has 1 aromatic heterocycles. The number of ether oxygens (including phenoxy) is 1. The van der Waals surface area contributed by atoms with Crippen molar-refractivity contribution in [3.8, 4) is 12.1 Å². The second-order valence-electron chi connectivity index (χ2n) is 12.9. The number of carbonyl (C=O) groups is 2. The number of aromatic nitrogens is 2. The molecule has 3 aromatic rings. The third kappa shape index (κ3) is 5.64. The minimum absolute atomic E-state index is 0.146. The zero-order valence-electron chi connectivity index (χ0n) is 26.4. The van der Waals surface area contributed by atoms with Gasteiger partial charge in [0, 0.05) is 48.9 Å². The summed E-state index contributed by atoms with van der Waals surface area (Å²) in [5.74, 6) is -0.195. The molecule has 3 fully saturated rings. The van der Waals surface area contributed by atoms with Crippen LogP contribution in [0.4, 0.5) is 16.3 Å². The number of likely N-dealkylation sites (tertiary alicyclic amines) is 1. The van der Waals surface area contributed by atoms with Crippen molar-refractivity contribution in [3.63, 3.8) is 0 Å². The molecule has 12 nitrogen and oxygen atoms in total. The Morgan fingerprint density at radius 3 is 2.59 bits per heavy atom. The number of aliphatic carboxylic acids is 1. The first-order chi connectivity index (χ1) is 22.3. The largest absolute Gasteiger partial charge is 0.480 e. The predicted octanol–water partition coefficient (Wildman–Crippen LogP) is 3.27. The molecule has 1 unspecified atom stereocenters. The summed E-state index contributed by atoms with van der Waals surface area (Å²) < 4.78 is 6.31. The Morgan fingerprint density at radius 2 is 1.85 bits per heavy atom. The van der Waals surface area contributed by atoms with Gasteiger partial charge in [-0.15, -0.1) is 0 Å². The third-order valence-corrected chi connectivity index (χ3v) is 10.0. The number of amides is 2. The molecule has 0 spiro atoms. The normalized spacial score (nSPS) is 22.9. The van der Waals surface area contributed by atoms with Gasteiger partial charge in [-0.3, -0.25) is 0 Å². The Balaban J connectivity index is 1.19. The first kappa shape index (κ1) is 30.0. The highest BCUT2D eigenvalue weighted by Gasteiger charge is 2.48. The van der Waals surface area contributed by atoms with Gasteiger partial charge in [0.15, 0.2) is 0 Å². The number of hydrogen-bond acceptors (Lipinski definition) is 9. The molecule has 5 heterocycles. The van der Waals surface area contributed by atoms with Gasteiger partial charge in [-0.25, -0.2) is 9.59 Å². The molecule has 7 rings (SSSR count). The van der Waals surface area contributed by atoms with Crippen LogP contribution in [0.15, 0.2) is 36.4 Å². The molecule has 0 bridgehead atoms. The van der Waals surface area contributed by atoms with Crippen LogP contribution in [0.5, 0.6) is 6.01 Å². The number of carbonyl (C=O) groups excluding carboxylic acids is 1.